The Balaban J connectivity index is 2.02. The van der Waals surface area contributed by atoms with Crippen LogP contribution in [0.1, 0.15) is 6.42 Å². The van der Waals surface area contributed by atoms with E-state index in [2.05, 4.69) is 22.1 Å². The fourth-order valence-electron chi connectivity index (χ4n) is 2.14. The summed E-state index contributed by atoms with van der Waals surface area (Å²) in [7, 11) is 2.09. The minimum atomic E-state index is -0.867. The molecule has 1 unspecified atom stereocenters. The number of carboxylic acids is 1. The first-order valence-electron chi connectivity index (χ1n) is 5.78. The van der Waals surface area contributed by atoms with Crippen molar-refractivity contribution in [2.75, 3.05) is 31.6 Å². The Morgan fingerprint density at radius 2 is 2.39 bits per heavy atom. The van der Waals surface area contributed by atoms with Gasteiger partial charge in [-0.25, -0.2) is 0 Å². The summed E-state index contributed by atoms with van der Waals surface area (Å²) in [4.78, 5) is 12.8. The molecule has 18 heavy (non-hydrogen) atoms. The Morgan fingerprint density at radius 3 is 3.00 bits per heavy atom. The van der Waals surface area contributed by atoms with E-state index in [1.54, 1.807) is 0 Å². The maximum absolute atomic E-state index is 10.6. The number of hydrogen-bond acceptors (Lipinski definition) is 6. The van der Waals surface area contributed by atoms with E-state index < -0.39 is 5.97 Å². The molecular weight excluding hydrogens is 254 g/mol. The Hall–Kier alpha value is -1.28. The second-order valence-corrected chi connectivity index (χ2v) is 5.49. The van der Waals surface area contributed by atoms with E-state index in [1.807, 2.05) is 4.57 Å². The highest BCUT2D eigenvalue weighted by molar-refractivity contribution is 7.99. The molecule has 100 valence electrons. The van der Waals surface area contributed by atoms with Gasteiger partial charge in [0.15, 0.2) is 5.16 Å². The Bertz CT molecular complexity index is 436. The lowest BCUT2D eigenvalue weighted by atomic mass is 10.1. The zero-order valence-electron chi connectivity index (χ0n) is 10.2. The van der Waals surface area contributed by atoms with E-state index in [1.165, 1.54) is 0 Å². The van der Waals surface area contributed by atoms with Gasteiger partial charge in [-0.2, -0.15) is 0 Å². The highest BCUT2D eigenvalue weighted by Crippen LogP contribution is 2.23. The van der Waals surface area contributed by atoms with Crippen LogP contribution in [0.25, 0.3) is 0 Å². The van der Waals surface area contributed by atoms with Crippen molar-refractivity contribution in [3.05, 3.63) is 0 Å². The van der Waals surface area contributed by atoms with Gasteiger partial charge in [-0.05, 0) is 25.9 Å². The molecule has 1 aromatic rings. The maximum atomic E-state index is 10.6. The van der Waals surface area contributed by atoms with Gasteiger partial charge in [0.1, 0.15) is 0 Å². The molecule has 2 rings (SSSR count). The normalized spacial score (nSPS) is 20.4. The van der Waals surface area contributed by atoms with E-state index in [0.717, 1.165) is 37.8 Å². The predicted molar refractivity (Wildman–Crippen MR) is 68.4 cm³/mol. The minimum absolute atomic E-state index is 0.0251. The summed E-state index contributed by atoms with van der Waals surface area (Å²) < 4.78 is 1.82. The molecule has 3 N–H and O–H groups in total. The number of thioether (sulfide) groups is 1. The summed E-state index contributed by atoms with van der Waals surface area (Å²) in [5.74, 6) is -0.00784. The van der Waals surface area contributed by atoms with Gasteiger partial charge in [-0.1, -0.05) is 11.8 Å². The molecule has 0 bridgehead atoms. The maximum Gasteiger partial charge on any atom is 0.313 e. The number of nitrogen functional groups attached to an aromatic ring is 1. The van der Waals surface area contributed by atoms with Gasteiger partial charge in [0.25, 0.3) is 0 Å². The first-order chi connectivity index (χ1) is 8.56. The van der Waals surface area contributed by atoms with Gasteiger partial charge >= 0.3 is 5.97 Å². The lowest BCUT2D eigenvalue weighted by Crippen LogP contribution is -2.18. The van der Waals surface area contributed by atoms with Crippen molar-refractivity contribution in [3.8, 4) is 0 Å². The first-order valence-corrected chi connectivity index (χ1v) is 6.76. The van der Waals surface area contributed by atoms with Crippen LogP contribution in [0.3, 0.4) is 0 Å². The van der Waals surface area contributed by atoms with Gasteiger partial charge in [0.2, 0.25) is 5.95 Å². The quantitative estimate of drug-likeness (QED) is 0.727. The number of hydrogen-bond donors (Lipinski definition) is 2. The highest BCUT2D eigenvalue weighted by Gasteiger charge is 2.22. The van der Waals surface area contributed by atoms with Crippen molar-refractivity contribution in [2.24, 2.45) is 5.92 Å². The highest BCUT2D eigenvalue weighted by atomic mass is 32.2. The third-order valence-electron chi connectivity index (χ3n) is 3.00. The molecule has 1 saturated heterocycles. The summed E-state index contributed by atoms with van der Waals surface area (Å²) in [6.07, 6.45) is 1.12. The van der Waals surface area contributed by atoms with Gasteiger partial charge in [0, 0.05) is 13.1 Å². The smallest absolute Gasteiger partial charge is 0.313 e. The lowest BCUT2D eigenvalue weighted by molar-refractivity contribution is -0.133. The van der Waals surface area contributed by atoms with Crippen LogP contribution in [0.4, 0.5) is 5.95 Å². The number of nitrogens with two attached hydrogens (primary N) is 1. The molecule has 0 amide bonds. The molecule has 0 radical (unpaired) electrons. The average Bonchev–Trinajstić information content (AvgIpc) is 2.85. The molecule has 1 atom stereocenters. The van der Waals surface area contributed by atoms with Gasteiger partial charge < -0.3 is 15.7 Å². The van der Waals surface area contributed by atoms with Crippen molar-refractivity contribution in [3.63, 3.8) is 0 Å². The van der Waals surface area contributed by atoms with Crippen LogP contribution in [-0.2, 0) is 11.3 Å². The third-order valence-corrected chi connectivity index (χ3v) is 3.95. The number of carbonyl (C=O) groups is 1. The molecule has 1 fully saturated rings. The number of anilines is 1. The van der Waals surface area contributed by atoms with Crippen LogP contribution in [0.15, 0.2) is 5.16 Å². The van der Waals surface area contributed by atoms with E-state index >= 15 is 0 Å². The standard InChI is InChI=1S/C10H17N5O2S/c1-14-3-2-7(4-14)5-15-9(11)12-13-10(15)18-6-8(16)17/h7H,2-6H2,1H3,(H2,11,12)(H,16,17). The number of carboxylic acid groups (broad SMARTS) is 1. The molecule has 8 heteroatoms. The van der Waals surface area contributed by atoms with Crippen molar-refractivity contribution < 1.29 is 9.90 Å². The molecule has 1 aliphatic rings. The van der Waals surface area contributed by atoms with E-state index in [0.29, 0.717) is 17.0 Å². The first kappa shape index (κ1) is 13.2. The fourth-order valence-corrected chi connectivity index (χ4v) is 2.81. The van der Waals surface area contributed by atoms with E-state index in [-0.39, 0.29) is 5.75 Å². The third kappa shape index (κ3) is 3.14. The summed E-state index contributed by atoms with van der Waals surface area (Å²) in [5, 5.41) is 17.0. The number of likely N-dealkylation sites (tertiary alicyclic amines) is 1. The molecule has 1 aromatic heterocycles. The van der Waals surface area contributed by atoms with Crippen LogP contribution in [0, 0.1) is 5.92 Å². The lowest BCUT2D eigenvalue weighted by Gasteiger charge is -2.13. The second kappa shape index (κ2) is 5.57. The SMILES string of the molecule is CN1CCC(Cn2c(N)nnc2SCC(=O)O)C1. The molecule has 0 saturated carbocycles. The van der Waals surface area contributed by atoms with Crippen LogP contribution < -0.4 is 5.73 Å². The molecule has 7 nitrogen and oxygen atoms in total. The Kier molecular flexibility index (Phi) is 4.07. The van der Waals surface area contributed by atoms with Crippen molar-refractivity contribution in [1.29, 1.82) is 0 Å². The molecule has 0 aliphatic carbocycles. The number of aliphatic carboxylic acids is 1. The summed E-state index contributed by atoms with van der Waals surface area (Å²) >= 11 is 1.16. The van der Waals surface area contributed by atoms with Crippen LogP contribution >= 0.6 is 11.8 Å². The van der Waals surface area contributed by atoms with Gasteiger partial charge in [-0.3, -0.25) is 9.36 Å². The predicted octanol–water partition coefficient (Wildman–Crippen LogP) is -0.0113. The number of rotatable bonds is 5. The van der Waals surface area contributed by atoms with Gasteiger partial charge in [0.05, 0.1) is 5.75 Å². The van der Waals surface area contributed by atoms with Crippen LogP contribution in [-0.4, -0.2) is 56.6 Å². The van der Waals surface area contributed by atoms with Crippen molar-refractivity contribution >= 4 is 23.7 Å². The Labute approximate surface area is 109 Å². The molecule has 1 aliphatic heterocycles. The summed E-state index contributed by atoms with van der Waals surface area (Å²) in [6, 6.07) is 0. The molecule has 0 spiro atoms. The summed E-state index contributed by atoms with van der Waals surface area (Å²) in [6.45, 7) is 2.87. The van der Waals surface area contributed by atoms with E-state index in [4.69, 9.17) is 10.8 Å². The number of aromatic nitrogens is 3. The van der Waals surface area contributed by atoms with Crippen molar-refractivity contribution in [2.45, 2.75) is 18.1 Å². The van der Waals surface area contributed by atoms with E-state index in [9.17, 15) is 4.79 Å². The minimum Gasteiger partial charge on any atom is -0.481 e. The largest absolute Gasteiger partial charge is 0.481 e. The van der Waals surface area contributed by atoms with Crippen LogP contribution in [0.5, 0.6) is 0 Å². The zero-order chi connectivity index (χ0) is 13.1. The van der Waals surface area contributed by atoms with Crippen LogP contribution in [0.2, 0.25) is 0 Å². The number of nitrogens with zero attached hydrogens (tertiary/aromatic N) is 4. The van der Waals surface area contributed by atoms with Gasteiger partial charge in [-0.15, -0.1) is 10.2 Å². The molecule has 0 aromatic carbocycles. The summed E-state index contributed by atoms with van der Waals surface area (Å²) in [5.41, 5.74) is 5.78. The topological polar surface area (TPSA) is 97.3 Å². The Morgan fingerprint density at radius 1 is 1.61 bits per heavy atom. The monoisotopic (exact) mass is 271 g/mol. The molecule has 2 heterocycles. The second-order valence-electron chi connectivity index (χ2n) is 4.55. The van der Waals surface area contributed by atoms with Crippen molar-refractivity contribution in [1.82, 2.24) is 19.7 Å². The average molecular weight is 271 g/mol. The zero-order valence-corrected chi connectivity index (χ0v) is 11.1. The molecular formula is C10H17N5O2S. The fraction of sp³-hybridized carbons (Fsp3) is 0.700.